The molecule has 4 aromatic rings. The minimum atomic E-state index is 0.722. The maximum atomic E-state index is 5.78. The Labute approximate surface area is 176 Å². The van der Waals surface area contributed by atoms with Gasteiger partial charge in [0, 0.05) is 25.2 Å². The normalized spacial score (nSPS) is 10.8. The van der Waals surface area contributed by atoms with Gasteiger partial charge in [-0.05, 0) is 48.5 Å². The molecule has 3 aromatic carbocycles. The fourth-order valence-corrected chi connectivity index (χ4v) is 3.59. The van der Waals surface area contributed by atoms with Crippen LogP contribution in [0.4, 0.5) is 5.69 Å². The van der Waals surface area contributed by atoms with Crippen LogP contribution in [0.3, 0.4) is 0 Å². The lowest BCUT2D eigenvalue weighted by Gasteiger charge is -2.26. The summed E-state index contributed by atoms with van der Waals surface area (Å²) in [5, 5.41) is 4.14. The molecule has 4 nitrogen and oxygen atoms in total. The minimum absolute atomic E-state index is 0.722. The lowest BCUT2D eigenvalue weighted by atomic mass is 10.2. The van der Waals surface area contributed by atoms with Crippen LogP contribution in [-0.4, -0.2) is 26.5 Å². The first kappa shape index (κ1) is 19.2. The van der Waals surface area contributed by atoms with Gasteiger partial charge in [-0.15, -0.1) is 0 Å². The minimum Gasteiger partial charge on any atom is -0.344 e. The van der Waals surface area contributed by atoms with E-state index in [0.29, 0.717) is 0 Å². The molecular formula is C24H24N4S. The van der Waals surface area contributed by atoms with Crippen LogP contribution in [0.5, 0.6) is 0 Å². The Morgan fingerprint density at radius 1 is 0.966 bits per heavy atom. The Hall–Kier alpha value is -3.18. The smallest absolute Gasteiger partial charge is 0.173 e. The van der Waals surface area contributed by atoms with Crippen molar-refractivity contribution in [3.8, 4) is 0 Å². The van der Waals surface area contributed by atoms with Gasteiger partial charge in [0.25, 0.3) is 0 Å². The van der Waals surface area contributed by atoms with Crippen LogP contribution in [0, 0.1) is 6.92 Å². The van der Waals surface area contributed by atoms with Gasteiger partial charge < -0.3 is 15.2 Å². The number of hydrogen-bond donors (Lipinski definition) is 2. The predicted octanol–water partition coefficient (Wildman–Crippen LogP) is 5.31. The highest BCUT2D eigenvalue weighted by Crippen LogP contribution is 2.16. The van der Waals surface area contributed by atoms with Gasteiger partial charge >= 0.3 is 0 Å². The van der Waals surface area contributed by atoms with Crippen molar-refractivity contribution in [3.63, 3.8) is 0 Å². The largest absolute Gasteiger partial charge is 0.344 e. The molecule has 0 amide bonds. The third kappa shape index (κ3) is 4.81. The van der Waals surface area contributed by atoms with E-state index in [1.807, 2.05) is 36.4 Å². The molecule has 0 saturated carbocycles. The van der Waals surface area contributed by atoms with Crippen molar-refractivity contribution in [2.24, 2.45) is 0 Å². The molecular weight excluding hydrogens is 376 g/mol. The van der Waals surface area contributed by atoms with E-state index >= 15 is 0 Å². The fourth-order valence-electron chi connectivity index (χ4n) is 3.33. The van der Waals surface area contributed by atoms with Crippen LogP contribution in [0.25, 0.3) is 11.0 Å². The molecule has 0 aliphatic carbocycles. The van der Waals surface area contributed by atoms with E-state index in [1.54, 1.807) is 0 Å². The molecule has 0 aliphatic rings. The van der Waals surface area contributed by atoms with E-state index < -0.39 is 0 Å². The lowest BCUT2D eigenvalue weighted by Crippen LogP contribution is -2.36. The molecule has 0 radical (unpaired) electrons. The van der Waals surface area contributed by atoms with Crippen LogP contribution in [0.15, 0.2) is 78.9 Å². The molecule has 1 heterocycles. The molecule has 0 bridgehead atoms. The molecule has 0 aliphatic heterocycles. The molecule has 0 atom stereocenters. The number of nitrogens with zero attached hydrogens (tertiary/aromatic N) is 2. The zero-order valence-corrected chi connectivity index (χ0v) is 17.2. The van der Waals surface area contributed by atoms with Crippen molar-refractivity contribution >= 4 is 34.1 Å². The number of fused-ring (bicyclic) bond motifs is 1. The van der Waals surface area contributed by atoms with E-state index in [-0.39, 0.29) is 0 Å². The number of thiocarbonyl (C=S) groups is 1. The summed E-state index contributed by atoms with van der Waals surface area (Å²) < 4.78 is 0. The maximum Gasteiger partial charge on any atom is 0.173 e. The first-order chi connectivity index (χ1) is 14.2. The molecule has 1 aromatic heterocycles. The van der Waals surface area contributed by atoms with Gasteiger partial charge in [-0.1, -0.05) is 60.7 Å². The number of benzene rings is 3. The number of nitrogens with one attached hydrogen (secondary N) is 2. The molecule has 4 rings (SSSR count). The van der Waals surface area contributed by atoms with Crippen LogP contribution < -0.4 is 5.32 Å². The molecule has 2 N–H and O–H groups in total. The summed E-state index contributed by atoms with van der Waals surface area (Å²) in [6, 6.07) is 26.7. The quantitative estimate of drug-likeness (QED) is 0.430. The predicted molar refractivity (Wildman–Crippen MR) is 124 cm³/mol. The summed E-state index contributed by atoms with van der Waals surface area (Å²) in [6.45, 7) is 3.60. The Balaban J connectivity index is 1.51. The summed E-state index contributed by atoms with van der Waals surface area (Å²) in [5.74, 6) is 0.975. The number of para-hydroxylation sites is 3. The van der Waals surface area contributed by atoms with E-state index in [9.17, 15) is 0 Å². The summed E-state index contributed by atoms with van der Waals surface area (Å²) in [6.07, 6.45) is 0.789. The zero-order chi connectivity index (χ0) is 20.1. The second-order valence-electron chi connectivity index (χ2n) is 7.10. The van der Waals surface area contributed by atoms with E-state index in [0.717, 1.165) is 47.2 Å². The third-order valence-electron chi connectivity index (χ3n) is 4.95. The van der Waals surface area contributed by atoms with Crippen LogP contribution in [0.2, 0.25) is 0 Å². The number of rotatable bonds is 6. The Morgan fingerprint density at radius 2 is 1.69 bits per heavy atom. The zero-order valence-electron chi connectivity index (χ0n) is 16.4. The van der Waals surface area contributed by atoms with E-state index in [1.165, 1.54) is 11.1 Å². The summed E-state index contributed by atoms with van der Waals surface area (Å²) in [4.78, 5) is 10.3. The van der Waals surface area contributed by atoms with Gasteiger partial charge in [-0.3, -0.25) is 0 Å². The number of aromatic nitrogens is 2. The number of H-pyrrole nitrogens is 1. The second-order valence-corrected chi connectivity index (χ2v) is 7.49. The van der Waals surface area contributed by atoms with Gasteiger partial charge in [0.2, 0.25) is 0 Å². The maximum absolute atomic E-state index is 5.78. The summed E-state index contributed by atoms with van der Waals surface area (Å²) in [7, 11) is 0. The van der Waals surface area contributed by atoms with Crippen LogP contribution in [-0.2, 0) is 13.0 Å². The number of aryl methyl sites for hydroxylation is 1. The molecule has 29 heavy (non-hydrogen) atoms. The Kier molecular flexibility index (Phi) is 5.86. The monoisotopic (exact) mass is 400 g/mol. The van der Waals surface area contributed by atoms with E-state index in [4.69, 9.17) is 17.2 Å². The van der Waals surface area contributed by atoms with Crippen LogP contribution in [0.1, 0.15) is 17.0 Å². The molecule has 0 unspecified atom stereocenters. The lowest BCUT2D eigenvalue weighted by molar-refractivity contribution is 0.419. The topological polar surface area (TPSA) is 44.0 Å². The molecule has 5 heteroatoms. The van der Waals surface area contributed by atoms with Crippen molar-refractivity contribution < 1.29 is 0 Å². The molecule has 0 spiro atoms. The van der Waals surface area contributed by atoms with Crippen molar-refractivity contribution in [2.75, 3.05) is 11.9 Å². The summed E-state index contributed by atoms with van der Waals surface area (Å²) in [5.41, 5.74) is 5.51. The number of imidazole rings is 1. The highest BCUT2D eigenvalue weighted by molar-refractivity contribution is 7.80. The highest BCUT2D eigenvalue weighted by Gasteiger charge is 2.13. The molecule has 0 saturated heterocycles. The van der Waals surface area contributed by atoms with Gasteiger partial charge in [0.15, 0.2) is 5.11 Å². The fraction of sp³-hybridized carbons (Fsp3) is 0.167. The first-order valence-corrected chi connectivity index (χ1v) is 10.2. The van der Waals surface area contributed by atoms with Gasteiger partial charge in [-0.2, -0.15) is 0 Å². The number of anilines is 1. The average molecular weight is 401 g/mol. The second kappa shape index (κ2) is 8.88. The number of aromatic amines is 1. The summed E-state index contributed by atoms with van der Waals surface area (Å²) >= 11 is 5.78. The Bertz CT molecular complexity index is 1070. The van der Waals surface area contributed by atoms with Crippen molar-refractivity contribution in [2.45, 2.75) is 19.9 Å². The van der Waals surface area contributed by atoms with Gasteiger partial charge in [0.05, 0.1) is 11.0 Å². The Morgan fingerprint density at radius 3 is 2.48 bits per heavy atom. The van der Waals surface area contributed by atoms with Crippen LogP contribution >= 0.6 is 12.2 Å². The molecule has 146 valence electrons. The highest BCUT2D eigenvalue weighted by atomic mass is 32.1. The van der Waals surface area contributed by atoms with E-state index in [2.05, 4.69) is 64.6 Å². The van der Waals surface area contributed by atoms with Gasteiger partial charge in [-0.25, -0.2) is 4.98 Å². The average Bonchev–Trinajstić information content (AvgIpc) is 3.16. The third-order valence-corrected chi connectivity index (χ3v) is 5.31. The SMILES string of the molecule is Cc1ccccc1NC(=S)N(CCc1nc2ccccc2[nH]1)Cc1ccccc1. The van der Waals surface area contributed by atoms with Gasteiger partial charge in [0.1, 0.15) is 5.82 Å². The van der Waals surface area contributed by atoms with Crippen molar-refractivity contribution in [1.82, 2.24) is 14.9 Å². The first-order valence-electron chi connectivity index (χ1n) is 9.78. The standard InChI is InChI=1S/C24H24N4S/c1-18-9-5-6-12-20(18)27-24(29)28(17-19-10-3-2-4-11-19)16-15-23-25-21-13-7-8-14-22(21)26-23/h2-14H,15-17H2,1H3,(H,25,26)(H,27,29). The van der Waals surface area contributed by atoms with Crippen molar-refractivity contribution in [1.29, 1.82) is 0 Å². The number of hydrogen-bond acceptors (Lipinski definition) is 2. The molecule has 0 fully saturated rings. The van der Waals surface area contributed by atoms with Crippen molar-refractivity contribution in [3.05, 3.63) is 95.8 Å².